The predicted molar refractivity (Wildman–Crippen MR) is 115 cm³/mol. The van der Waals surface area contributed by atoms with Gasteiger partial charge in [-0.2, -0.15) is 9.78 Å². The first kappa shape index (κ1) is 20.5. The SMILES string of the molecule is CCc1cc(=O)[nH]c(-n2nc(-c3cccs3)cc2NC(=O)COc2ccc(F)cc2)n1. The Morgan fingerprint density at radius 3 is 2.77 bits per heavy atom. The Morgan fingerprint density at radius 2 is 2.06 bits per heavy atom. The molecule has 0 saturated heterocycles. The summed E-state index contributed by atoms with van der Waals surface area (Å²) >= 11 is 1.50. The lowest BCUT2D eigenvalue weighted by atomic mass is 10.3. The molecule has 10 heteroatoms. The highest BCUT2D eigenvalue weighted by molar-refractivity contribution is 7.13. The molecule has 0 aliphatic heterocycles. The quantitative estimate of drug-likeness (QED) is 0.460. The molecule has 0 aliphatic carbocycles. The van der Waals surface area contributed by atoms with Gasteiger partial charge in [0.1, 0.15) is 23.1 Å². The van der Waals surface area contributed by atoms with Crippen LogP contribution in [-0.4, -0.2) is 32.3 Å². The Kier molecular flexibility index (Phi) is 5.89. The highest BCUT2D eigenvalue weighted by Crippen LogP contribution is 2.27. The van der Waals surface area contributed by atoms with Crippen LogP contribution in [0.4, 0.5) is 10.2 Å². The number of amides is 1. The molecule has 3 aromatic heterocycles. The zero-order valence-electron chi connectivity index (χ0n) is 16.5. The van der Waals surface area contributed by atoms with E-state index in [0.717, 1.165) is 4.88 Å². The van der Waals surface area contributed by atoms with E-state index < -0.39 is 11.7 Å². The monoisotopic (exact) mass is 439 g/mol. The molecule has 0 fully saturated rings. The van der Waals surface area contributed by atoms with E-state index >= 15 is 0 Å². The number of aryl methyl sites for hydroxylation is 1. The Balaban J connectivity index is 1.61. The van der Waals surface area contributed by atoms with Gasteiger partial charge < -0.3 is 10.1 Å². The molecule has 0 atom stereocenters. The molecular weight excluding hydrogens is 421 g/mol. The highest BCUT2D eigenvalue weighted by Gasteiger charge is 2.17. The van der Waals surface area contributed by atoms with Crippen molar-refractivity contribution in [2.24, 2.45) is 0 Å². The fraction of sp³-hybridized carbons (Fsp3) is 0.143. The Labute approximate surface area is 180 Å². The maximum absolute atomic E-state index is 13.0. The standard InChI is InChI=1S/C21H18FN5O3S/c1-2-14-10-19(28)25-21(23-14)27-18(11-16(26-27)17-4-3-9-31-17)24-20(29)12-30-15-7-5-13(22)6-8-15/h3-11H,2,12H2,1H3,(H,24,29)(H,23,25,28). The largest absolute Gasteiger partial charge is 0.484 e. The first-order valence-corrected chi connectivity index (χ1v) is 10.3. The van der Waals surface area contributed by atoms with Crippen molar-refractivity contribution in [3.05, 3.63) is 75.8 Å². The van der Waals surface area contributed by atoms with Gasteiger partial charge in [-0.3, -0.25) is 14.6 Å². The zero-order valence-corrected chi connectivity index (χ0v) is 17.3. The Hall–Kier alpha value is -3.79. The van der Waals surface area contributed by atoms with Gasteiger partial charge >= 0.3 is 0 Å². The maximum atomic E-state index is 13.0. The number of benzene rings is 1. The summed E-state index contributed by atoms with van der Waals surface area (Å²) in [6, 6.07) is 12.3. The van der Waals surface area contributed by atoms with Gasteiger partial charge in [-0.05, 0) is 42.1 Å². The van der Waals surface area contributed by atoms with Crippen LogP contribution in [0.1, 0.15) is 12.6 Å². The summed E-state index contributed by atoms with van der Waals surface area (Å²) in [4.78, 5) is 32.5. The fourth-order valence-electron chi connectivity index (χ4n) is 2.81. The van der Waals surface area contributed by atoms with Crippen molar-refractivity contribution in [3.8, 4) is 22.3 Å². The molecule has 8 nitrogen and oxygen atoms in total. The van der Waals surface area contributed by atoms with Crippen LogP contribution in [-0.2, 0) is 11.2 Å². The molecule has 0 spiro atoms. The number of carbonyl (C=O) groups is 1. The van der Waals surface area contributed by atoms with E-state index in [1.54, 1.807) is 6.07 Å². The predicted octanol–water partition coefficient (Wildman–Crippen LogP) is 3.40. The molecular formula is C21H18FN5O3S. The minimum atomic E-state index is -0.447. The third-order valence-corrected chi connectivity index (χ3v) is 5.17. The summed E-state index contributed by atoms with van der Waals surface area (Å²) in [5.74, 6) is 0.0511. The van der Waals surface area contributed by atoms with Crippen LogP contribution in [0, 0.1) is 5.82 Å². The Morgan fingerprint density at radius 1 is 1.26 bits per heavy atom. The molecule has 1 amide bonds. The smallest absolute Gasteiger partial charge is 0.263 e. The van der Waals surface area contributed by atoms with E-state index in [1.807, 2.05) is 24.4 Å². The third-order valence-electron chi connectivity index (χ3n) is 4.28. The van der Waals surface area contributed by atoms with Crippen LogP contribution in [0.5, 0.6) is 5.75 Å². The van der Waals surface area contributed by atoms with E-state index in [4.69, 9.17) is 4.74 Å². The molecule has 3 heterocycles. The second kappa shape index (κ2) is 8.92. The van der Waals surface area contributed by atoms with Gasteiger partial charge in [0.25, 0.3) is 11.5 Å². The van der Waals surface area contributed by atoms with Gasteiger partial charge in [-0.25, -0.2) is 9.37 Å². The minimum Gasteiger partial charge on any atom is -0.484 e. The minimum absolute atomic E-state index is 0.196. The van der Waals surface area contributed by atoms with Crippen molar-refractivity contribution in [1.82, 2.24) is 19.7 Å². The lowest BCUT2D eigenvalue weighted by molar-refractivity contribution is -0.118. The molecule has 0 aliphatic rings. The summed E-state index contributed by atoms with van der Waals surface area (Å²) < 4.78 is 19.8. The van der Waals surface area contributed by atoms with Gasteiger partial charge in [0.2, 0.25) is 5.95 Å². The number of nitrogens with zero attached hydrogens (tertiary/aromatic N) is 3. The molecule has 0 radical (unpaired) electrons. The third kappa shape index (κ3) is 4.86. The van der Waals surface area contributed by atoms with E-state index in [-0.39, 0.29) is 18.1 Å². The van der Waals surface area contributed by atoms with Gasteiger partial charge in [0.15, 0.2) is 6.61 Å². The summed E-state index contributed by atoms with van der Waals surface area (Å²) in [7, 11) is 0. The van der Waals surface area contributed by atoms with Gasteiger partial charge in [0.05, 0.1) is 4.88 Å². The number of halogens is 1. The maximum Gasteiger partial charge on any atom is 0.263 e. The molecule has 2 N–H and O–H groups in total. The average Bonchev–Trinajstić information content (AvgIpc) is 3.43. The number of hydrogen-bond donors (Lipinski definition) is 2. The number of aromatic amines is 1. The van der Waals surface area contributed by atoms with Crippen molar-refractivity contribution < 1.29 is 13.9 Å². The number of H-pyrrole nitrogens is 1. The number of carbonyl (C=O) groups excluding carboxylic acids is 1. The van der Waals surface area contributed by atoms with Crippen LogP contribution >= 0.6 is 11.3 Å². The molecule has 0 unspecified atom stereocenters. The van der Waals surface area contributed by atoms with Gasteiger partial charge in [-0.1, -0.05) is 13.0 Å². The van der Waals surface area contributed by atoms with Crippen molar-refractivity contribution in [3.63, 3.8) is 0 Å². The Bertz CT molecular complexity index is 1250. The lowest BCUT2D eigenvalue weighted by Gasteiger charge is -2.09. The number of thiophene rings is 1. The van der Waals surface area contributed by atoms with Crippen LogP contribution in [0.25, 0.3) is 16.5 Å². The van der Waals surface area contributed by atoms with E-state index in [1.165, 1.54) is 46.4 Å². The van der Waals surface area contributed by atoms with Gasteiger partial charge in [0, 0.05) is 17.8 Å². The summed E-state index contributed by atoms with van der Waals surface area (Å²) in [5, 5.41) is 9.17. The summed E-state index contributed by atoms with van der Waals surface area (Å²) in [6.45, 7) is 1.60. The molecule has 31 heavy (non-hydrogen) atoms. The molecule has 4 aromatic rings. The van der Waals surface area contributed by atoms with Crippen molar-refractivity contribution in [1.29, 1.82) is 0 Å². The van der Waals surface area contributed by atoms with Crippen LogP contribution < -0.4 is 15.6 Å². The number of rotatable bonds is 7. The van der Waals surface area contributed by atoms with E-state index in [9.17, 15) is 14.0 Å². The topological polar surface area (TPSA) is 102 Å². The summed E-state index contributed by atoms with van der Waals surface area (Å²) in [6.07, 6.45) is 0.573. The number of aromatic nitrogens is 4. The normalized spacial score (nSPS) is 10.8. The van der Waals surface area contributed by atoms with Crippen LogP contribution in [0.2, 0.25) is 0 Å². The van der Waals surface area contributed by atoms with Crippen molar-refractivity contribution in [2.75, 3.05) is 11.9 Å². The molecule has 1 aromatic carbocycles. The van der Waals surface area contributed by atoms with Crippen molar-refractivity contribution in [2.45, 2.75) is 13.3 Å². The van der Waals surface area contributed by atoms with Crippen molar-refractivity contribution >= 4 is 23.1 Å². The fourth-order valence-corrected chi connectivity index (χ4v) is 3.49. The number of hydrogen-bond acceptors (Lipinski definition) is 6. The summed E-state index contributed by atoms with van der Waals surface area (Å²) in [5.41, 5.74) is 0.907. The average molecular weight is 439 g/mol. The van der Waals surface area contributed by atoms with E-state index in [2.05, 4.69) is 20.4 Å². The molecule has 4 rings (SSSR count). The van der Waals surface area contributed by atoms with Gasteiger partial charge in [-0.15, -0.1) is 11.3 Å². The second-order valence-corrected chi connectivity index (χ2v) is 7.46. The second-order valence-electron chi connectivity index (χ2n) is 6.51. The van der Waals surface area contributed by atoms with Crippen LogP contribution in [0.15, 0.2) is 58.7 Å². The van der Waals surface area contributed by atoms with Crippen LogP contribution in [0.3, 0.4) is 0 Å². The lowest BCUT2D eigenvalue weighted by Crippen LogP contribution is -2.23. The zero-order chi connectivity index (χ0) is 21.8. The number of ether oxygens (including phenoxy) is 1. The molecule has 0 saturated carbocycles. The first-order chi connectivity index (χ1) is 15.0. The highest BCUT2D eigenvalue weighted by atomic mass is 32.1. The molecule has 158 valence electrons. The van der Waals surface area contributed by atoms with E-state index in [0.29, 0.717) is 29.4 Å². The first-order valence-electron chi connectivity index (χ1n) is 9.44. The molecule has 0 bridgehead atoms. The number of nitrogens with one attached hydrogen (secondary N) is 2. The number of anilines is 1.